The van der Waals surface area contributed by atoms with E-state index in [0.717, 1.165) is 57.9 Å². The molecule has 2 aliphatic heterocycles. The molecule has 1 aromatic heterocycles. The van der Waals surface area contributed by atoms with Gasteiger partial charge in [0.05, 0.1) is 12.4 Å². The molecule has 0 spiro atoms. The topological polar surface area (TPSA) is 52.6 Å². The van der Waals surface area contributed by atoms with Crippen molar-refractivity contribution in [3.63, 3.8) is 0 Å². The lowest BCUT2D eigenvalue weighted by Crippen LogP contribution is -2.44. The third kappa shape index (κ3) is 3.55. The van der Waals surface area contributed by atoms with E-state index in [9.17, 15) is 4.79 Å². The number of aromatic nitrogens is 2. The van der Waals surface area contributed by atoms with Crippen molar-refractivity contribution in [2.75, 3.05) is 51.2 Å². The van der Waals surface area contributed by atoms with Gasteiger partial charge in [-0.05, 0) is 19.9 Å². The van der Waals surface area contributed by atoms with Crippen molar-refractivity contribution in [2.24, 2.45) is 0 Å². The molecule has 0 unspecified atom stereocenters. The molecule has 0 aliphatic carbocycles. The van der Waals surface area contributed by atoms with Crippen molar-refractivity contribution in [3.05, 3.63) is 18.1 Å². The van der Waals surface area contributed by atoms with Crippen molar-refractivity contribution in [3.8, 4) is 0 Å². The summed E-state index contributed by atoms with van der Waals surface area (Å²) in [7, 11) is 2.13. The summed E-state index contributed by atoms with van der Waals surface area (Å²) in [5.74, 6) is 0.903. The SMILES string of the molecule is CN1CCN(c2cnc(C(=O)N3CCCCCC3)cn2)CC1. The van der Waals surface area contributed by atoms with Crippen LogP contribution in [0.25, 0.3) is 0 Å². The Morgan fingerprint density at radius 2 is 1.59 bits per heavy atom. The highest BCUT2D eigenvalue weighted by molar-refractivity contribution is 5.92. The predicted octanol–water partition coefficient (Wildman–Crippen LogP) is 1.24. The van der Waals surface area contributed by atoms with Gasteiger partial charge in [-0.1, -0.05) is 12.8 Å². The highest BCUT2D eigenvalue weighted by Gasteiger charge is 2.20. The predicted molar refractivity (Wildman–Crippen MR) is 86.1 cm³/mol. The highest BCUT2D eigenvalue weighted by atomic mass is 16.2. The van der Waals surface area contributed by atoms with Crippen LogP contribution in [0.1, 0.15) is 36.2 Å². The molecule has 1 amide bonds. The Kier molecular flexibility index (Phi) is 4.87. The Bertz CT molecular complexity index is 488. The van der Waals surface area contributed by atoms with Crippen LogP contribution in [0.15, 0.2) is 12.4 Å². The summed E-state index contributed by atoms with van der Waals surface area (Å²) in [5.41, 5.74) is 0.472. The van der Waals surface area contributed by atoms with E-state index in [-0.39, 0.29) is 5.91 Å². The Balaban J connectivity index is 1.64. The lowest BCUT2D eigenvalue weighted by Gasteiger charge is -2.33. The third-order valence-corrected chi connectivity index (χ3v) is 4.58. The minimum atomic E-state index is 0.0272. The highest BCUT2D eigenvalue weighted by Crippen LogP contribution is 2.15. The van der Waals surface area contributed by atoms with Crippen molar-refractivity contribution >= 4 is 11.7 Å². The van der Waals surface area contributed by atoms with Crippen LogP contribution >= 0.6 is 0 Å². The molecule has 2 saturated heterocycles. The minimum Gasteiger partial charge on any atom is -0.353 e. The number of likely N-dealkylation sites (N-methyl/N-ethyl adjacent to an activating group) is 1. The lowest BCUT2D eigenvalue weighted by atomic mass is 10.2. The summed E-state index contributed by atoms with van der Waals surface area (Å²) in [6.45, 7) is 5.70. The fraction of sp³-hybridized carbons (Fsp3) is 0.688. The number of hydrogen-bond donors (Lipinski definition) is 0. The fourth-order valence-corrected chi connectivity index (χ4v) is 3.07. The summed E-state index contributed by atoms with van der Waals surface area (Å²) < 4.78 is 0. The van der Waals surface area contributed by atoms with Gasteiger partial charge >= 0.3 is 0 Å². The maximum Gasteiger partial charge on any atom is 0.274 e. The van der Waals surface area contributed by atoms with Gasteiger partial charge in [-0.3, -0.25) is 4.79 Å². The van der Waals surface area contributed by atoms with Crippen molar-refractivity contribution in [1.82, 2.24) is 19.8 Å². The van der Waals surface area contributed by atoms with E-state index < -0.39 is 0 Å². The zero-order chi connectivity index (χ0) is 15.4. The molecule has 2 aliphatic rings. The number of nitrogens with zero attached hydrogens (tertiary/aromatic N) is 5. The van der Waals surface area contributed by atoms with E-state index in [0.29, 0.717) is 5.69 Å². The van der Waals surface area contributed by atoms with Gasteiger partial charge in [-0.15, -0.1) is 0 Å². The molecule has 2 fully saturated rings. The van der Waals surface area contributed by atoms with Gasteiger partial charge in [0.1, 0.15) is 11.5 Å². The number of likely N-dealkylation sites (tertiary alicyclic amines) is 1. The zero-order valence-electron chi connectivity index (χ0n) is 13.4. The molecule has 0 N–H and O–H groups in total. The van der Waals surface area contributed by atoms with Gasteiger partial charge in [0.15, 0.2) is 0 Å². The second kappa shape index (κ2) is 7.05. The van der Waals surface area contributed by atoms with E-state index in [2.05, 4.69) is 26.8 Å². The molecular formula is C16H25N5O. The zero-order valence-corrected chi connectivity index (χ0v) is 13.4. The first-order valence-corrected chi connectivity index (χ1v) is 8.29. The van der Waals surface area contributed by atoms with Crippen LogP contribution in [-0.2, 0) is 0 Å². The van der Waals surface area contributed by atoms with Crippen LogP contribution in [0.3, 0.4) is 0 Å². The molecule has 0 aromatic carbocycles. The van der Waals surface area contributed by atoms with Gasteiger partial charge in [0, 0.05) is 39.3 Å². The number of anilines is 1. The molecule has 3 heterocycles. The molecule has 0 atom stereocenters. The van der Waals surface area contributed by atoms with E-state index >= 15 is 0 Å². The number of piperazine rings is 1. The van der Waals surface area contributed by atoms with Gasteiger partial charge < -0.3 is 14.7 Å². The molecule has 0 bridgehead atoms. The van der Waals surface area contributed by atoms with Gasteiger partial charge in [0.25, 0.3) is 5.91 Å². The Morgan fingerprint density at radius 1 is 0.909 bits per heavy atom. The van der Waals surface area contributed by atoms with Crippen molar-refractivity contribution < 1.29 is 4.79 Å². The van der Waals surface area contributed by atoms with Crippen LogP contribution in [0.2, 0.25) is 0 Å². The summed E-state index contributed by atoms with van der Waals surface area (Å²) >= 11 is 0. The average Bonchev–Trinajstić information content (AvgIpc) is 2.84. The Labute approximate surface area is 132 Å². The van der Waals surface area contributed by atoms with E-state index in [4.69, 9.17) is 0 Å². The van der Waals surface area contributed by atoms with Crippen LogP contribution < -0.4 is 4.90 Å². The van der Waals surface area contributed by atoms with Gasteiger partial charge in [-0.2, -0.15) is 0 Å². The molecule has 6 heteroatoms. The first-order valence-electron chi connectivity index (χ1n) is 8.29. The average molecular weight is 303 g/mol. The molecule has 1 aromatic rings. The second-order valence-corrected chi connectivity index (χ2v) is 6.26. The van der Waals surface area contributed by atoms with Crippen LogP contribution in [0, 0.1) is 0 Å². The van der Waals surface area contributed by atoms with Gasteiger partial charge in [0.2, 0.25) is 0 Å². The lowest BCUT2D eigenvalue weighted by molar-refractivity contribution is 0.0755. The number of hydrogen-bond acceptors (Lipinski definition) is 5. The summed E-state index contributed by atoms with van der Waals surface area (Å²) in [6.07, 6.45) is 8.02. The number of amides is 1. The molecule has 0 saturated carbocycles. The number of carbonyl (C=O) groups is 1. The quantitative estimate of drug-likeness (QED) is 0.823. The first kappa shape index (κ1) is 15.2. The first-order chi connectivity index (χ1) is 10.7. The Morgan fingerprint density at radius 3 is 2.18 bits per heavy atom. The molecule has 22 heavy (non-hydrogen) atoms. The maximum atomic E-state index is 12.5. The summed E-state index contributed by atoms with van der Waals surface area (Å²) in [4.78, 5) is 27.8. The molecule has 0 radical (unpaired) electrons. The third-order valence-electron chi connectivity index (χ3n) is 4.58. The van der Waals surface area contributed by atoms with Crippen LogP contribution in [-0.4, -0.2) is 72.0 Å². The molecule has 3 rings (SSSR count). The normalized spacial score (nSPS) is 20.8. The van der Waals surface area contributed by atoms with Crippen molar-refractivity contribution in [2.45, 2.75) is 25.7 Å². The fourth-order valence-electron chi connectivity index (χ4n) is 3.07. The van der Waals surface area contributed by atoms with Gasteiger partial charge in [-0.25, -0.2) is 9.97 Å². The van der Waals surface area contributed by atoms with Crippen LogP contribution in [0.5, 0.6) is 0 Å². The summed E-state index contributed by atoms with van der Waals surface area (Å²) in [5, 5.41) is 0. The Hall–Kier alpha value is -1.69. The number of carbonyl (C=O) groups excluding carboxylic acids is 1. The van der Waals surface area contributed by atoms with E-state index in [1.165, 1.54) is 12.8 Å². The molecular weight excluding hydrogens is 278 g/mol. The monoisotopic (exact) mass is 303 g/mol. The van der Waals surface area contributed by atoms with E-state index in [1.807, 2.05) is 4.90 Å². The maximum absolute atomic E-state index is 12.5. The summed E-state index contributed by atoms with van der Waals surface area (Å²) in [6, 6.07) is 0. The standard InChI is InChI=1S/C16H25N5O/c1-19-8-10-20(11-9-19)15-13-17-14(12-18-15)16(22)21-6-4-2-3-5-7-21/h12-13H,2-11H2,1H3. The molecule has 6 nitrogen and oxygen atoms in total. The smallest absolute Gasteiger partial charge is 0.274 e. The minimum absolute atomic E-state index is 0.0272. The van der Waals surface area contributed by atoms with E-state index in [1.54, 1.807) is 12.4 Å². The molecule has 120 valence electrons. The van der Waals surface area contributed by atoms with Crippen molar-refractivity contribution in [1.29, 1.82) is 0 Å². The number of rotatable bonds is 2. The second-order valence-electron chi connectivity index (χ2n) is 6.26. The van der Waals surface area contributed by atoms with Crippen LogP contribution in [0.4, 0.5) is 5.82 Å². The largest absolute Gasteiger partial charge is 0.353 e.